The highest BCUT2D eigenvalue weighted by Gasteiger charge is 2.10. The van der Waals surface area contributed by atoms with Crippen molar-refractivity contribution in [3.8, 4) is 0 Å². The molecule has 1 aliphatic rings. The molecule has 0 atom stereocenters. The molecular formula is C18H38N2. The quantitative estimate of drug-likeness (QED) is 0.457. The van der Waals surface area contributed by atoms with Crippen molar-refractivity contribution < 1.29 is 0 Å². The largest absolute Gasteiger partial charge is 0.303 e. The van der Waals surface area contributed by atoms with Crippen LogP contribution in [-0.4, -0.2) is 49.1 Å². The van der Waals surface area contributed by atoms with E-state index in [1.54, 1.807) is 0 Å². The molecule has 20 heavy (non-hydrogen) atoms. The summed E-state index contributed by atoms with van der Waals surface area (Å²) < 4.78 is 0. The Morgan fingerprint density at radius 3 is 2.00 bits per heavy atom. The highest BCUT2D eigenvalue weighted by atomic mass is 15.1. The third kappa shape index (κ3) is 8.97. The Morgan fingerprint density at radius 1 is 0.700 bits per heavy atom. The first-order valence-electron chi connectivity index (χ1n) is 9.31. The number of unbranched alkanes of at least 4 members (excludes halogenated alkanes) is 5. The Labute approximate surface area is 127 Å². The Morgan fingerprint density at radius 2 is 1.35 bits per heavy atom. The Bertz CT molecular complexity index is 200. The lowest BCUT2D eigenvalue weighted by molar-refractivity contribution is 0.260. The van der Waals surface area contributed by atoms with Gasteiger partial charge in [-0.15, -0.1) is 0 Å². The number of rotatable bonds is 13. The summed E-state index contributed by atoms with van der Waals surface area (Å²) in [7, 11) is 0. The standard InChI is InChI=1S/C18H38N2/c1-3-5-8-14-19(13-4-2)15-9-6-7-10-16-20-17-11-12-18-20/h3-18H2,1-2H3. The first-order chi connectivity index (χ1) is 9.86. The van der Waals surface area contributed by atoms with Gasteiger partial charge in [0.25, 0.3) is 0 Å². The van der Waals surface area contributed by atoms with Gasteiger partial charge in [-0.3, -0.25) is 0 Å². The summed E-state index contributed by atoms with van der Waals surface area (Å²) >= 11 is 0. The van der Waals surface area contributed by atoms with Crippen LogP contribution in [0.25, 0.3) is 0 Å². The van der Waals surface area contributed by atoms with Crippen molar-refractivity contribution >= 4 is 0 Å². The van der Waals surface area contributed by atoms with Crippen LogP contribution in [0.2, 0.25) is 0 Å². The maximum absolute atomic E-state index is 2.69. The van der Waals surface area contributed by atoms with E-state index < -0.39 is 0 Å². The summed E-state index contributed by atoms with van der Waals surface area (Å²) in [6.07, 6.45) is 14.0. The van der Waals surface area contributed by atoms with Crippen molar-refractivity contribution in [2.75, 3.05) is 39.3 Å². The summed E-state index contributed by atoms with van der Waals surface area (Å²) in [4.78, 5) is 5.34. The molecule has 0 saturated carbocycles. The van der Waals surface area contributed by atoms with Crippen molar-refractivity contribution in [1.82, 2.24) is 9.80 Å². The monoisotopic (exact) mass is 282 g/mol. The molecule has 0 unspecified atom stereocenters. The Kier molecular flexibility index (Phi) is 11.4. The van der Waals surface area contributed by atoms with E-state index in [0.717, 1.165) is 0 Å². The van der Waals surface area contributed by atoms with E-state index in [-0.39, 0.29) is 0 Å². The van der Waals surface area contributed by atoms with Gasteiger partial charge in [-0.05, 0) is 77.8 Å². The average Bonchev–Trinajstić information content (AvgIpc) is 2.96. The van der Waals surface area contributed by atoms with Crippen molar-refractivity contribution in [1.29, 1.82) is 0 Å². The number of likely N-dealkylation sites (tertiary alicyclic amines) is 1. The molecule has 0 aliphatic carbocycles. The van der Waals surface area contributed by atoms with E-state index in [1.807, 2.05) is 0 Å². The Hall–Kier alpha value is -0.0800. The van der Waals surface area contributed by atoms with Crippen LogP contribution in [0.3, 0.4) is 0 Å². The molecule has 0 N–H and O–H groups in total. The van der Waals surface area contributed by atoms with Crippen molar-refractivity contribution in [3.63, 3.8) is 0 Å². The normalized spacial score (nSPS) is 16.4. The molecule has 0 aromatic carbocycles. The summed E-state index contributed by atoms with van der Waals surface area (Å²) in [5.74, 6) is 0. The molecule has 1 fully saturated rings. The fraction of sp³-hybridized carbons (Fsp3) is 1.00. The van der Waals surface area contributed by atoms with Gasteiger partial charge in [0.15, 0.2) is 0 Å². The second-order valence-electron chi connectivity index (χ2n) is 6.51. The minimum Gasteiger partial charge on any atom is -0.303 e. The summed E-state index contributed by atoms with van der Waals surface area (Å²) in [6.45, 7) is 12.7. The number of hydrogen-bond acceptors (Lipinski definition) is 2. The second kappa shape index (κ2) is 12.6. The minimum absolute atomic E-state index is 1.30. The molecule has 0 spiro atoms. The molecule has 0 amide bonds. The fourth-order valence-electron chi connectivity index (χ4n) is 3.27. The number of hydrogen-bond donors (Lipinski definition) is 0. The van der Waals surface area contributed by atoms with Crippen LogP contribution in [0.1, 0.15) is 78.1 Å². The van der Waals surface area contributed by atoms with E-state index in [4.69, 9.17) is 0 Å². The predicted octanol–water partition coefficient (Wildman–Crippen LogP) is 4.54. The zero-order valence-electron chi connectivity index (χ0n) is 14.2. The smallest absolute Gasteiger partial charge is 0.00183 e. The van der Waals surface area contributed by atoms with Crippen LogP contribution >= 0.6 is 0 Å². The lowest BCUT2D eigenvalue weighted by Crippen LogP contribution is -2.27. The Balaban J connectivity index is 1.93. The first kappa shape index (κ1) is 18.0. The highest BCUT2D eigenvalue weighted by molar-refractivity contribution is 4.65. The summed E-state index contributed by atoms with van der Waals surface area (Å²) in [6, 6.07) is 0. The molecule has 2 heteroatoms. The van der Waals surface area contributed by atoms with E-state index in [0.29, 0.717) is 0 Å². The molecule has 0 aromatic heterocycles. The lowest BCUT2D eigenvalue weighted by atomic mass is 10.1. The molecule has 1 saturated heterocycles. The van der Waals surface area contributed by atoms with Crippen LogP contribution in [0.5, 0.6) is 0 Å². The minimum atomic E-state index is 1.30. The van der Waals surface area contributed by atoms with Crippen molar-refractivity contribution in [2.45, 2.75) is 78.1 Å². The van der Waals surface area contributed by atoms with E-state index in [9.17, 15) is 0 Å². The first-order valence-corrected chi connectivity index (χ1v) is 9.31. The van der Waals surface area contributed by atoms with Crippen LogP contribution < -0.4 is 0 Å². The van der Waals surface area contributed by atoms with Gasteiger partial charge in [0.1, 0.15) is 0 Å². The van der Waals surface area contributed by atoms with Crippen LogP contribution in [0.15, 0.2) is 0 Å². The highest BCUT2D eigenvalue weighted by Crippen LogP contribution is 2.10. The molecule has 1 rings (SSSR count). The molecule has 0 aromatic rings. The molecule has 0 radical (unpaired) electrons. The molecule has 2 nitrogen and oxygen atoms in total. The molecular weight excluding hydrogens is 244 g/mol. The number of nitrogens with zero attached hydrogens (tertiary/aromatic N) is 2. The van der Waals surface area contributed by atoms with Crippen LogP contribution in [-0.2, 0) is 0 Å². The fourth-order valence-corrected chi connectivity index (χ4v) is 3.27. The average molecular weight is 283 g/mol. The van der Waals surface area contributed by atoms with Gasteiger partial charge in [-0.2, -0.15) is 0 Å². The SMILES string of the molecule is CCCCCN(CCC)CCCCCCN1CCCC1. The molecule has 120 valence electrons. The van der Waals surface area contributed by atoms with Gasteiger partial charge in [0.05, 0.1) is 0 Å². The van der Waals surface area contributed by atoms with Gasteiger partial charge >= 0.3 is 0 Å². The molecule has 0 bridgehead atoms. The van der Waals surface area contributed by atoms with Crippen LogP contribution in [0, 0.1) is 0 Å². The maximum Gasteiger partial charge on any atom is -0.00183 e. The third-order valence-corrected chi connectivity index (χ3v) is 4.52. The second-order valence-corrected chi connectivity index (χ2v) is 6.51. The summed E-state index contributed by atoms with van der Waals surface area (Å²) in [5, 5.41) is 0. The molecule has 1 aliphatic heterocycles. The van der Waals surface area contributed by atoms with Crippen molar-refractivity contribution in [2.24, 2.45) is 0 Å². The van der Waals surface area contributed by atoms with Gasteiger partial charge in [0.2, 0.25) is 0 Å². The zero-order valence-corrected chi connectivity index (χ0v) is 14.2. The predicted molar refractivity (Wildman–Crippen MR) is 90.4 cm³/mol. The van der Waals surface area contributed by atoms with Crippen molar-refractivity contribution in [3.05, 3.63) is 0 Å². The lowest BCUT2D eigenvalue weighted by Gasteiger charge is -2.21. The topological polar surface area (TPSA) is 6.48 Å². The van der Waals surface area contributed by atoms with Gasteiger partial charge < -0.3 is 9.80 Å². The van der Waals surface area contributed by atoms with E-state index in [2.05, 4.69) is 23.6 Å². The van der Waals surface area contributed by atoms with E-state index >= 15 is 0 Å². The van der Waals surface area contributed by atoms with E-state index in [1.165, 1.54) is 103 Å². The summed E-state index contributed by atoms with van der Waals surface area (Å²) in [5.41, 5.74) is 0. The molecule has 1 heterocycles. The van der Waals surface area contributed by atoms with Gasteiger partial charge in [0, 0.05) is 0 Å². The third-order valence-electron chi connectivity index (χ3n) is 4.52. The van der Waals surface area contributed by atoms with Gasteiger partial charge in [-0.1, -0.05) is 39.5 Å². The zero-order chi connectivity index (χ0) is 14.5. The van der Waals surface area contributed by atoms with Crippen LogP contribution in [0.4, 0.5) is 0 Å². The maximum atomic E-state index is 2.69. The van der Waals surface area contributed by atoms with Gasteiger partial charge in [-0.25, -0.2) is 0 Å².